The van der Waals surface area contributed by atoms with Gasteiger partial charge in [0.2, 0.25) is 5.91 Å². The first-order chi connectivity index (χ1) is 12.9. The van der Waals surface area contributed by atoms with Gasteiger partial charge in [0.25, 0.3) is 11.6 Å². The average molecular weight is 368 g/mol. The molecule has 0 fully saturated rings. The molecule has 2 amide bonds. The van der Waals surface area contributed by atoms with Crippen LogP contribution >= 0.6 is 0 Å². The van der Waals surface area contributed by atoms with Crippen LogP contribution in [-0.2, 0) is 4.79 Å². The van der Waals surface area contributed by atoms with Crippen LogP contribution in [0.15, 0.2) is 66.9 Å². The Bertz CT molecular complexity index is 852. The second kappa shape index (κ2) is 9.14. The molecule has 27 heavy (non-hydrogen) atoms. The summed E-state index contributed by atoms with van der Waals surface area (Å²) < 4.78 is 0. The van der Waals surface area contributed by atoms with Crippen LogP contribution in [0.1, 0.15) is 35.3 Å². The maximum absolute atomic E-state index is 12.5. The number of nitrogens with zero attached hydrogens (tertiary/aromatic N) is 1. The largest absolute Gasteiger partial charge is 0.345 e. The van der Waals surface area contributed by atoms with E-state index in [-0.39, 0.29) is 18.0 Å². The molecular weight excluding hydrogens is 348 g/mol. The zero-order chi connectivity index (χ0) is 19.8. The Balaban J connectivity index is 2.23. The van der Waals surface area contributed by atoms with Crippen LogP contribution < -0.4 is 16.2 Å². The van der Waals surface area contributed by atoms with E-state index in [9.17, 15) is 19.7 Å². The number of nitro groups is 1. The number of allylic oxidation sites excluding steroid dienone is 1. The van der Waals surface area contributed by atoms with Gasteiger partial charge in [0.1, 0.15) is 0 Å². The van der Waals surface area contributed by atoms with Gasteiger partial charge in [-0.1, -0.05) is 36.9 Å². The van der Waals surface area contributed by atoms with Gasteiger partial charge < -0.3 is 10.7 Å². The number of nitrogens with one attached hydrogen (secondary N) is 3. The topological polar surface area (TPSA) is 113 Å². The zero-order valence-electron chi connectivity index (χ0n) is 14.8. The molecule has 2 aromatic carbocycles. The van der Waals surface area contributed by atoms with E-state index in [1.165, 1.54) is 18.2 Å². The van der Waals surface area contributed by atoms with Crippen molar-refractivity contribution in [2.45, 2.75) is 19.4 Å². The molecule has 3 N–H and O–H groups in total. The molecule has 0 saturated heterocycles. The van der Waals surface area contributed by atoms with Crippen molar-refractivity contribution < 1.29 is 14.5 Å². The Labute approximate surface area is 156 Å². The third kappa shape index (κ3) is 5.96. The van der Waals surface area contributed by atoms with Gasteiger partial charge in [-0.3, -0.25) is 25.1 Å². The molecule has 0 heterocycles. The highest BCUT2D eigenvalue weighted by molar-refractivity contribution is 5.94. The highest BCUT2D eigenvalue weighted by Crippen LogP contribution is 2.22. The standard InChI is InChI=1S/C19H20N4O4/c1-13(2)21-22-18(24)12-17(15-9-6-10-16(11-15)23(26)27)20-19(25)14-7-4-3-5-8-14/h3-11,17,21H,1,12H2,2H3,(H,20,25)(H,22,24)/t17-/m0/s1. The molecule has 140 valence electrons. The number of amides is 2. The monoisotopic (exact) mass is 368 g/mol. The van der Waals surface area contributed by atoms with E-state index in [0.717, 1.165) is 0 Å². The summed E-state index contributed by atoms with van der Waals surface area (Å²) >= 11 is 0. The smallest absolute Gasteiger partial charge is 0.269 e. The second-order valence-electron chi connectivity index (χ2n) is 5.90. The molecule has 0 aliphatic rings. The minimum atomic E-state index is -0.746. The molecule has 2 aromatic rings. The number of non-ortho nitro benzene ring substituents is 1. The number of benzene rings is 2. The average Bonchev–Trinajstić information content (AvgIpc) is 2.66. The molecule has 0 radical (unpaired) electrons. The van der Waals surface area contributed by atoms with E-state index >= 15 is 0 Å². The molecule has 2 rings (SSSR count). The molecule has 0 saturated carbocycles. The highest BCUT2D eigenvalue weighted by atomic mass is 16.6. The normalized spacial score (nSPS) is 11.1. The molecule has 8 nitrogen and oxygen atoms in total. The van der Waals surface area contributed by atoms with Gasteiger partial charge >= 0.3 is 0 Å². The fourth-order valence-electron chi connectivity index (χ4n) is 2.35. The lowest BCUT2D eigenvalue weighted by atomic mass is 10.0. The van der Waals surface area contributed by atoms with Crippen LogP contribution in [0.2, 0.25) is 0 Å². The van der Waals surface area contributed by atoms with Crippen LogP contribution in [0.4, 0.5) is 5.69 Å². The summed E-state index contributed by atoms with van der Waals surface area (Å²) in [5.74, 6) is -0.782. The SMILES string of the molecule is C=C(C)NNC(=O)C[C@H](NC(=O)c1ccccc1)c1cccc([N+](=O)[O-])c1. The van der Waals surface area contributed by atoms with Gasteiger partial charge in [-0.05, 0) is 24.6 Å². The summed E-state index contributed by atoms with van der Waals surface area (Å²) in [5, 5.41) is 13.8. The molecule has 0 aliphatic heterocycles. The molecule has 8 heteroatoms. The van der Waals surface area contributed by atoms with E-state index in [2.05, 4.69) is 22.7 Å². The Morgan fingerprint density at radius 2 is 1.81 bits per heavy atom. The predicted octanol–water partition coefficient (Wildman–Crippen LogP) is 2.61. The van der Waals surface area contributed by atoms with E-state index in [4.69, 9.17) is 0 Å². The first kappa shape index (κ1) is 19.6. The fraction of sp³-hybridized carbons (Fsp3) is 0.158. The number of rotatable bonds is 8. The van der Waals surface area contributed by atoms with Gasteiger partial charge in [0.15, 0.2) is 0 Å². The predicted molar refractivity (Wildman–Crippen MR) is 100 cm³/mol. The van der Waals surface area contributed by atoms with Gasteiger partial charge in [0.05, 0.1) is 17.4 Å². The van der Waals surface area contributed by atoms with Gasteiger partial charge in [-0.25, -0.2) is 0 Å². The van der Waals surface area contributed by atoms with Crippen LogP contribution in [0.3, 0.4) is 0 Å². The van der Waals surface area contributed by atoms with Crippen LogP contribution in [0, 0.1) is 10.1 Å². The molecule has 1 atom stereocenters. The fourth-order valence-corrected chi connectivity index (χ4v) is 2.35. The van der Waals surface area contributed by atoms with Crippen molar-refractivity contribution in [1.82, 2.24) is 16.2 Å². The van der Waals surface area contributed by atoms with Crippen molar-refractivity contribution in [3.8, 4) is 0 Å². The third-order valence-electron chi connectivity index (χ3n) is 3.63. The Kier molecular flexibility index (Phi) is 6.65. The summed E-state index contributed by atoms with van der Waals surface area (Å²) in [7, 11) is 0. The number of nitro benzene ring substituents is 1. The zero-order valence-corrected chi connectivity index (χ0v) is 14.8. The number of hydrogen-bond donors (Lipinski definition) is 3. The van der Waals surface area contributed by atoms with E-state index in [1.807, 2.05) is 0 Å². The molecule has 0 aliphatic carbocycles. The Morgan fingerprint density at radius 1 is 1.11 bits per heavy atom. The summed E-state index contributed by atoms with van der Waals surface area (Å²) in [6.07, 6.45) is -0.111. The lowest BCUT2D eigenvalue weighted by Gasteiger charge is -2.19. The summed E-state index contributed by atoms with van der Waals surface area (Å²) in [5.41, 5.74) is 6.37. The number of hydrazine groups is 1. The van der Waals surface area contributed by atoms with Gasteiger partial charge in [-0.2, -0.15) is 0 Å². The third-order valence-corrected chi connectivity index (χ3v) is 3.63. The summed E-state index contributed by atoms with van der Waals surface area (Å²) in [6, 6.07) is 13.6. The Hall–Kier alpha value is -3.68. The molecule has 0 spiro atoms. The van der Waals surface area contributed by atoms with Crippen molar-refractivity contribution in [1.29, 1.82) is 0 Å². The van der Waals surface area contributed by atoms with Gasteiger partial charge in [0, 0.05) is 23.4 Å². The minimum Gasteiger partial charge on any atom is -0.345 e. The van der Waals surface area contributed by atoms with Crippen molar-refractivity contribution in [2.24, 2.45) is 0 Å². The summed E-state index contributed by atoms with van der Waals surface area (Å²) in [6.45, 7) is 5.29. The van der Waals surface area contributed by atoms with E-state index < -0.39 is 16.9 Å². The number of carbonyl (C=O) groups excluding carboxylic acids is 2. The van der Waals surface area contributed by atoms with Crippen molar-refractivity contribution in [2.75, 3.05) is 0 Å². The first-order valence-electron chi connectivity index (χ1n) is 8.17. The van der Waals surface area contributed by atoms with E-state index in [1.54, 1.807) is 43.3 Å². The lowest BCUT2D eigenvalue weighted by molar-refractivity contribution is -0.384. The number of carbonyl (C=O) groups is 2. The maximum Gasteiger partial charge on any atom is 0.269 e. The maximum atomic E-state index is 12.5. The lowest BCUT2D eigenvalue weighted by Crippen LogP contribution is -2.39. The molecule has 0 aromatic heterocycles. The molecule has 0 unspecified atom stereocenters. The molecule has 0 bridgehead atoms. The highest BCUT2D eigenvalue weighted by Gasteiger charge is 2.21. The van der Waals surface area contributed by atoms with Crippen LogP contribution in [-0.4, -0.2) is 16.7 Å². The second-order valence-corrected chi connectivity index (χ2v) is 5.90. The van der Waals surface area contributed by atoms with Crippen molar-refractivity contribution in [3.63, 3.8) is 0 Å². The minimum absolute atomic E-state index is 0.111. The van der Waals surface area contributed by atoms with Crippen molar-refractivity contribution in [3.05, 3.63) is 88.1 Å². The van der Waals surface area contributed by atoms with E-state index in [0.29, 0.717) is 16.8 Å². The first-order valence-corrected chi connectivity index (χ1v) is 8.17. The Morgan fingerprint density at radius 3 is 2.44 bits per heavy atom. The summed E-state index contributed by atoms with van der Waals surface area (Å²) in [4.78, 5) is 35.2. The van der Waals surface area contributed by atoms with Crippen LogP contribution in [0.5, 0.6) is 0 Å². The van der Waals surface area contributed by atoms with Crippen molar-refractivity contribution >= 4 is 17.5 Å². The molecular formula is C19H20N4O4. The van der Waals surface area contributed by atoms with Crippen LogP contribution in [0.25, 0.3) is 0 Å². The van der Waals surface area contributed by atoms with Gasteiger partial charge in [-0.15, -0.1) is 0 Å². The quantitative estimate of drug-likeness (QED) is 0.490. The number of hydrogen-bond acceptors (Lipinski definition) is 5.